The maximum Gasteiger partial charge on any atom is 0.317 e. The predicted molar refractivity (Wildman–Crippen MR) is 116 cm³/mol. The van der Waals surface area contributed by atoms with Gasteiger partial charge in [-0.3, -0.25) is 4.79 Å². The number of carbonyl (C=O) groups is 2. The van der Waals surface area contributed by atoms with Crippen molar-refractivity contribution in [2.75, 3.05) is 20.4 Å². The molecule has 0 saturated carbocycles. The van der Waals surface area contributed by atoms with Gasteiger partial charge in [0.15, 0.2) is 11.5 Å². The molecule has 2 aromatic carbocycles. The highest BCUT2D eigenvalue weighted by Gasteiger charge is 2.34. The van der Waals surface area contributed by atoms with Crippen LogP contribution in [0.3, 0.4) is 0 Å². The number of rotatable bonds is 5. The fourth-order valence-corrected chi connectivity index (χ4v) is 3.64. The fraction of sp³-hybridized carbons (Fsp3) is 0.348. The second-order valence-corrected chi connectivity index (χ2v) is 8.08. The van der Waals surface area contributed by atoms with Gasteiger partial charge in [-0.15, -0.1) is 0 Å². The Kier molecular flexibility index (Phi) is 5.98. The van der Waals surface area contributed by atoms with Gasteiger partial charge in [0.1, 0.15) is 12.4 Å². The van der Waals surface area contributed by atoms with Crippen LogP contribution in [-0.4, -0.2) is 54.0 Å². The zero-order valence-corrected chi connectivity index (χ0v) is 18.2. The molecule has 0 aliphatic carbocycles. The molecule has 0 bridgehead atoms. The Morgan fingerprint density at radius 3 is 2.62 bits per heavy atom. The maximum atomic E-state index is 13.4. The zero-order chi connectivity index (χ0) is 22.8. The molecule has 0 fully saturated rings. The van der Waals surface area contributed by atoms with Crippen LogP contribution >= 0.6 is 0 Å². The minimum Gasteiger partial charge on any atom is -0.454 e. The number of benzene rings is 2. The summed E-state index contributed by atoms with van der Waals surface area (Å²) in [5, 5.41) is 8.72. The molecule has 0 radical (unpaired) electrons. The van der Waals surface area contributed by atoms with Crippen LogP contribution in [0.1, 0.15) is 37.4 Å². The van der Waals surface area contributed by atoms with Crippen LogP contribution in [0.15, 0.2) is 47.6 Å². The second kappa shape index (κ2) is 8.86. The summed E-state index contributed by atoms with van der Waals surface area (Å²) in [6, 6.07) is 10.7. The van der Waals surface area contributed by atoms with Crippen molar-refractivity contribution in [2.45, 2.75) is 32.4 Å². The van der Waals surface area contributed by atoms with Gasteiger partial charge in [-0.05, 0) is 49.2 Å². The van der Waals surface area contributed by atoms with Gasteiger partial charge in [0.25, 0.3) is 5.91 Å². The Hall–Kier alpha value is -3.62. The molecule has 2 aliphatic heterocycles. The fourth-order valence-electron chi connectivity index (χ4n) is 3.64. The quantitative estimate of drug-likeness (QED) is 0.774. The lowest BCUT2D eigenvalue weighted by atomic mass is 9.98. The highest BCUT2D eigenvalue weighted by Crippen LogP contribution is 2.39. The lowest BCUT2D eigenvalue weighted by Crippen LogP contribution is -2.45. The number of urea groups is 1. The molecular weight excluding hydrogens is 415 g/mol. The van der Waals surface area contributed by atoms with Crippen LogP contribution < -0.4 is 14.8 Å². The second-order valence-electron chi connectivity index (χ2n) is 8.08. The Morgan fingerprint density at radius 2 is 1.91 bits per heavy atom. The third-order valence-corrected chi connectivity index (χ3v) is 5.26. The molecule has 2 aliphatic rings. The smallest absolute Gasteiger partial charge is 0.317 e. The number of hydrazone groups is 1. The molecule has 1 N–H and O–H groups in total. The summed E-state index contributed by atoms with van der Waals surface area (Å²) in [5.41, 5.74) is 2.23. The summed E-state index contributed by atoms with van der Waals surface area (Å²) in [5.74, 6) is 0.588. The SMILES string of the molecule is CC(C)NC(=O)N(C)CC(=O)N1N=C(c2ccc(F)cc2)CC1c1ccc2c(c1)OCO2. The third kappa shape index (κ3) is 4.51. The Morgan fingerprint density at radius 1 is 1.19 bits per heavy atom. The molecule has 0 spiro atoms. The number of hydrogen-bond acceptors (Lipinski definition) is 5. The highest BCUT2D eigenvalue weighted by atomic mass is 19.1. The number of fused-ring (bicyclic) bond motifs is 1. The summed E-state index contributed by atoms with van der Waals surface area (Å²) < 4.78 is 24.3. The minimum absolute atomic E-state index is 0.0451. The number of halogens is 1. The first-order valence-corrected chi connectivity index (χ1v) is 10.4. The van der Waals surface area contributed by atoms with Gasteiger partial charge in [-0.1, -0.05) is 18.2 Å². The molecule has 8 nitrogen and oxygen atoms in total. The number of carbonyl (C=O) groups excluding carboxylic acids is 2. The Bertz CT molecular complexity index is 1050. The number of ether oxygens (including phenoxy) is 2. The van der Waals surface area contributed by atoms with E-state index in [1.807, 2.05) is 26.0 Å². The summed E-state index contributed by atoms with van der Waals surface area (Å²) in [6.45, 7) is 3.71. The van der Waals surface area contributed by atoms with E-state index >= 15 is 0 Å². The normalized spacial score (nSPS) is 16.8. The molecule has 0 aromatic heterocycles. The number of nitrogens with one attached hydrogen (secondary N) is 1. The standard InChI is InChI=1S/C23H25FN4O4/c1-14(2)25-23(30)27(3)12-22(29)28-19(16-6-9-20-21(10-16)32-13-31-20)11-18(26-28)15-4-7-17(24)8-5-15/h4-10,14,19H,11-13H2,1-3H3,(H,25,30). The van der Waals surface area contributed by atoms with E-state index in [0.29, 0.717) is 23.6 Å². The number of nitrogens with zero attached hydrogens (tertiary/aromatic N) is 3. The van der Waals surface area contributed by atoms with E-state index in [0.717, 1.165) is 11.1 Å². The molecular formula is C23H25FN4O4. The first-order chi connectivity index (χ1) is 15.3. The van der Waals surface area contributed by atoms with E-state index in [1.165, 1.54) is 22.0 Å². The predicted octanol–water partition coefficient (Wildman–Crippen LogP) is 3.28. The van der Waals surface area contributed by atoms with Crippen molar-refractivity contribution in [2.24, 2.45) is 5.10 Å². The van der Waals surface area contributed by atoms with Crippen LogP contribution in [0, 0.1) is 5.82 Å². The maximum absolute atomic E-state index is 13.4. The van der Waals surface area contributed by atoms with Gasteiger partial charge in [-0.2, -0.15) is 5.10 Å². The van der Waals surface area contributed by atoms with Gasteiger partial charge < -0.3 is 19.7 Å². The average molecular weight is 440 g/mol. The van der Waals surface area contributed by atoms with Gasteiger partial charge in [0.05, 0.1) is 11.8 Å². The lowest BCUT2D eigenvalue weighted by Gasteiger charge is -2.25. The van der Waals surface area contributed by atoms with Gasteiger partial charge in [0.2, 0.25) is 6.79 Å². The van der Waals surface area contributed by atoms with Crippen LogP contribution in [0.25, 0.3) is 0 Å². The summed E-state index contributed by atoms with van der Waals surface area (Å²) in [6.07, 6.45) is 0.443. The first kappa shape index (κ1) is 21.6. The molecule has 32 heavy (non-hydrogen) atoms. The molecule has 0 saturated heterocycles. The monoisotopic (exact) mass is 440 g/mol. The van der Waals surface area contributed by atoms with Crippen molar-refractivity contribution < 1.29 is 23.5 Å². The van der Waals surface area contributed by atoms with Gasteiger partial charge in [0, 0.05) is 19.5 Å². The number of hydrogen-bond donors (Lipinski definition) is 1. The van der Waals surface area contributed by atoms with Gasteiger partial charge >= 0.3 is 6.03 Å². The molecule has 168 valence electrons. The zero-order valence-electron chi connectivity index (χ0n) is 18.2. The summed E-state index contributed by atoms with van der Waals surface area (Å²) in [7, 11) is 1.56. The first-order valence-electron chi connectivity index (χ1n) is 10.4. The van der Waals surface area contributed by atoms with E-state index in [2.05, 4.69) is 10.4 Å². The summed E-state index contributed by atoms with van der Waals surface area (Å²) in [4.78, 5) is 26.7. The van der Waals surface area contributed by atoms with E-state index in [1.54, 1.807) is 25.2 Å². The van der Waals surface area contributed by atoms with Crippen molar-refractivity contribution in [1.82, 2.24) is 15.2 Å². The molecule has 2 heterocycles. The molecule has 4 rings (SSSR count). The van der Waals surface area contributed by atoms with Crippen molar-refractivity contribution >= 4 is 17.6 Å². The van der Waals surface area contributed by atoms with Crippen molar-refractivity contribution in [3.05, 3.63) is 59.4 Å². The van der Waals surface area contributed by atoms with Crippen molar-refractivity contribution in [3.63, 3.8) is 0 Å². The molecule has 2 aromatic rings. The molecule has 1 atom stereocenters. The van der Waals surface area contributed by atoms with E-state index in [4.69, 9.17) is 9.47 Å². The molecule has 1 unspecified atom stereocenters. The van der Waals surface area contributed by atoms with E-state index in [-0.39, 0.29) is 37.1 Å². The van der Waals surface area contributed by atoms with Crippen molar-refractivity contribution in [3.8, 4) is 11.5 Å². The minimum atomic E-state index is -0.390. The van der Waals surface area contributed by atoms with Crippen LogP contribution in [0.5, 0.6) is 11.5 Å². The van der Waals surface area contributed by atoms with Crippen LogP contribution in [0.2, 0.25) is 0 Å². The molecule has 3 amide bonds. The highest BCUT2D eigenvalue weighted by molar-refractivity contribution is 6.03. The topological polar surface area (TPSA) is 83.5 Å². The largest absolute Gasteiger partial charge is 0.454 e. The Labute approximate surface area is 185 Å². The third-order valence-electron chi connectivity index (χ3n) is 5.26. The van der Waals surface area contributed by atoms with Gasteiger partial charge in [-0.25, -0.2) is 14.2 Å². The number of likely N-dealkylation sites (N-methyl/N-ethyl adjacent to an activating group) is 1. The summed E-state index contributed by atoms with van der Waals surface area (Å²) >= 11 is 0. The Balaban J connectivity index is 1.60. The molecule has 9 heteroatoms. The number of amides is 3. The van der Waals surface area contributed by atoms with E-state index < -0.39 is 6.04 Å². The van der Waals surface area contributed by atoms with Crippen LogP contribution in [-0.2, 0) is 4.79 Å². The van der Waals surface area contributed by atoms with Crippen molar-refractivity contribution in [1.29, 1.82) is 0 Å². The van der Waals surface area contributed by atoms with E-state index in [9.17, 15) is 14.0 Å². The lowest BCUT2D eigenvalue weighted by molar-refractivity contribution is -0.133. The van der Waals surface area contributed by atoms with Crippen LogP contribution in [0.4, 0.5) is 9.18 Å². The average Bonchev–Trinajstić information content (AvgIpc) is 3.40.